The van der Waals surface area contributed by atoms with E-state index in [9.17, 15) is 4.79 Å². The Labute approximate surface area is 159 Å². The minimum Gasteiger partial charge on any atom is -0.350 e. The summed E-state index contributed by atoms with van der Waals surface area (Å²) in [6.07, 6.45) is 5.22. The van der Waals surface area contributed by atoms with Gasteiger partial charge in [0.05, 0.1) is 5.69 Å². The van der Waals surface area contributed by atoms with Crippen molar-refractivity contribution < 1.29 is 4.79 Å². The molecule has 1 saturated heterocycles. The van der Waals surface area contributed by atoms with Crippen LogP contribution in [-0.2, 0) is 0 Å². The van der Waals surface area contributed by atoms with E-state index in [4.69, 9.17) is 11.6 Å². The van der Waals surface area contributed by atoms with Crippen LogP contribution in [0.5, 0.6) is 0 Å². The van der Waals surface area contributed by atoms with Gasteiger partial charge in [0, 0.05) is 47.3 Å². The second-order valence-electron chi connectivity index (χ2n) is 6.87. The maximum Gasteiger partial charge on any atom is 0.270 e. The smallest absolute Gasteiger partial charge is 0.270 e. The van der Waals surface area contributed by atoms with Crippen molar-refractivity contribution >= 4 is 39.6 Å². The third kappa shape index (κ3) is 2.84. The number of carbonyl (C=O) groups is 1. The highest BCUT2D eigenvalue weighted by atomic mass is 35.5. The number of hydrogen-bond donors (Lipinski definition) is 2. The molecule has 0 radical (unpaired) electrons. The van der Waals surface area contributed by atoms with E-state index in [0.29, 0.717) is 22.9 Å². The number of fused-ring (bicyclic) bond motifs is 2. The molecule has 27 heavy (non-hydrogen) atoms. The lowest BCUT2D eigenvalue weighted by Gasteiger charge is -2.32. The number of amides is 1. The van der Waals surface area contributed by atoms with E-state index in [1.807, 2.05) is 29.2 Å². The molecule has 0 aliphatic carbocycles. The van der Waals surface area contributed by atoms with Crippen LogP contribution in [-0.4, -0.2) is 49.0 Å². The van der Waals surface area contributed by atoms with E-state index in [2.05, 4.69) is 25.1 Å². The first-order valence-corrected chi connectivity index (χ1v) is 9.29. The number of H-pyrrole nitrogens is 2. The Morgan fingerprint density at radius 3 is 3.04 bits per heavy atom. The van der Waals surface area contributed by atoms with Gasteiger partial charge in [0.2, 0.25) is 0 Å². The quantitative estimate of drug-likeness (QED) is 0.556. The normalized spacial score (nSPS) is 17.7. The minimum absolute atomic E-state index is 0.00178. The molecule has 5 rings (SSSR count). The lowest BCUT2D eigenvalue weighted by molar-refractivity contribution is 0.0701. The number of nitrogens with zero attached hydrogens (tertiary/aromatic N) is 4. The van der Waals surface area contributed by atoms with Gasteiger partial charge in [0.15, 0.2) is 5.65 Å². The molecule has 1 aliphatic rings. The number of likely N-dealkylation sites (tertiary alicyclic amines) is 1. The highest BCUT2D eigenvalue weighted by Gasteiger charge is 2.29. The van der Waals surface area contributed by atoms with E-state index in [1.54, 1.807) is 12.4 Å². The van der Waals surface area contributed by atoms with Gasteiger partial charge in [-0.25, -0.2) is 9.97 Å². The highest BCUT2D eigenvalue weighted by Crippen LogP contribution is 2.30. The molecule has 4 heterocycles. The molecular weight excluding hydrogens is 364 g/mol. The second-order valence-corrected chi connectivity index (χ2v) is 7.31. The van der Waals surface area contributed by atoms with Crippen LogP contribution < -0.4 is 0 Å². The maximum atomic E-state index is 13.0. The molecule has 1 atom stereocenters. The number of nitrogens with one attached hydrogen (secondary N) is 2. The summed E-state index contributed by atoms with van der Waals surface area (Å²) in [4.78, 5) is 26.8. The van der Waals surface area contributed by atoms with Gasteiger partial charge in [-0.3, -0.25) is 9.89 Å². The van der Waals surface area contributed by atoms with Crippen molar-refractivity contribution in [3.05, 3.63) is 53.1 Å². The van der Waals surface area contributed by atoms with Gasteiger partial charge in [-0.05, 0) is 31.0 Å². The molecule has 136 valence electrons. The Morgan fingerprint density at radius 1 is 1.22 bits per heavy atom. The predicted molar refractivity (Wildman–Crippen MR) is 103 cm³/mol. The van der Waals surface area contributed by atoms with Crippen LogP contribution in [0.1, 0.15) is 34.9 Å². The SMILES string of the molecule is O=C(c1cc2ccc(Cl)cc2[nH]1)N1CCC[C@H](c2[nH]nc3nccnc23)C1. The van der Waals surface area contributed by atoms with Crippen molar-refractivity contribution in [1.29, 1.82) is 0 Å². The first-order chi connectivity index (χ1) is 13.2. The standard InChI is InChI=1S/C19H17ClN6O/c20-13-4-3-11-8-15(23-14(11)9-13)19(27)26-7-1-2-12(10-26)16-17-18(25-24-16)22-6-5-21-17/h3-6,8-9,12,23H,1-2,7,10H2,(H,22,24,25)/t12-/m0/s1. The molecule has 0 saturated carbocycles. The van der Waals surface area contributed by atoms with Crippen LogP contribution in [0, 0.1) is 0 Å². The van der Waals surface area contributed by atoms with Gasteiger partial charge in [0.1, 0.15) is 11.2 Å². The zero-order valence-corrected chi connectivity index (χ0v) is 15.2. The largest absolute Gasteiger partial charge is 0.350 e. The van der Waals surface area contributed by atoms with Crippen molar-refractivity contribution in [2.45, 2.75) is 18.8 Å². The molecule has 8 heteroatoms. The van der Waals surface area contributed by atoms with E-state index >= 15 is 0 Å². The molecule has 1 amide bonds. The monoisotopic (exact) mass is 380 g/mol. The zero-order valence-electron chi connectivity index (χ0n) is 14.4. The average molecular weight is 381 g/mol. The molecule has 1 aliphatic heterocycles. The molecule has 3 aromatic heterocycles. The first kappa shape index (κ1) is 16.3. The van der Waals surface area contributed by atoms with Crippen LogP contribution in [0.15, 0.2) is 36.7 Å². The summed E-state index contributed by atoms with van der Waals surface area (Å²) in [7, 11) is 0. The summed E-state index contributed by atoms with van der Waals surface area (Å²) >= 11 is 6.04. The Bertz CT molecular complexity index is 1150. The first-order valence-electron chi connectivity index (χ1n) is 8.91. The van der Waals surface area contributed by atoms with E-state index in [1.165, 1.54) is 0 Å². The second kappa shape index (κ2) is 6.35. The fourth-order valence-electron chi connectivity index (χ4n) is 3.84. The van der Waals surface area contributed by atoms with Gasteiger partial charge in [-0.2, -0.15) is 5.10 Å². The van der Waals surface area contributed by atoms with Gasteiger partial charge >= 0.3 is 0 Å². The van der Waals surface area contributed by atoms with Crippen LogP contribution in [0.2, 0.25) is 5.02 Å². The Hall–Kier alpha value is -2.93. The summed E-state index contributed by atoms with van der Waals surface area (Å²) in [5.41, 5.74) is 3.82. The third-order valence-electron chi connectivity index (χ3n) is 5.15. The van der Waals surface area contributed by atoms with Crippen LogP contribution in [0.25, 0.3) is 22.1 Å². The number of piperidine rings is 1. The van der Waals surface area contributed by atoms with Crippen molar-refractivity contribution in [2.24, 2.45) is 0 Å². The predicted octanol–water partition coefficient (Wildman–Crippen LogP) is 3.51. The van der Waals surface area contributed by atoms with E-state index < -0.39 is 0 Å². The molecule has 2 N–H and O–H groups in total. The maximum absolute atomic E-state index is 13.0. The molecule has 1 aromatic carbocycles. The molecule has 4 aromatic rings. The summed E-state index contributed by atoms with van der Waals surface area (Å²) in [6.45, 7) is 1.37. The lowest BCUT2D eigenvalue weighted by atomic mass is 9.94. The van der Waals surface area contributed by atoms with Crippen molar-refractivity contribution in [3.63, 3.8) is 0 Å². The van der Waals surface area contributed by atoms with Gasteiger partial charge in [0.25, 0.3) is 5.91 Å². The number of rotatable bonds is 2. The summed E-state index contributed by atoms with van der Waals surface area (Å²) in [5, 5.41) is 8.94. The van der Waals surface area contributed by atoms with Gasteiger partial charge in [-0.15, -0.1) is 0 Å². The molecule has 0 bridgehead atoms. The lowest BCUT2D eigenvalue weighted by Crippen LogP contribution is -2.39. The fourth-order valence-corrected chi connectivity index (χ4v) is 4.01. The van der Waals surface area contributed by atoms with Gasteiger partial charge in [-0.1, -0.05) is 17.7 Å². The third-order valence-corrected chi connectivity index (χ3v) is 5.38. The number of benzene rings is 1. The number of carbonyl (C=O) groups excluding carboxylic acids is 1. The summed E-state index contributed by atoms with van der Waals surface area (Å²) in [5.74, 6) is 0.171. The number of aromatic nitrogens is 5. The van der Waals surface area contributed by atoms with Gasteiger partial charge < -0.3 is 9.88 Å². The van der Waals surface area contributed by atoms with Crippen LogP contribution in [0.4, 0.5) is 0 Å². The molecule has 7 nitrogen and oxygen atoms in total. The van der Waals surface area contributed by atoms with E-state index in [0.717, 1.165) is 41.5 Å². The highest BCUT2D eigenvalue weighted by molar-refractivity contribution is 6.31. The van der Waals surface area contributed by atoms with Crippen molar-refractivity contribution in [3.8, 4) is 0 Å². The molecule has 1 fully saturated rings. The Morgan fingerprint density at radius 2 is 2.11 bits per heavy atom. The van der Waals surface area contributed by atoms with Crippen LogP contribution >= 0.6 is 11.6 Å². The van der Waals surface area contributed by atoms with Crippen molar-refractivity contribution in [1.82, 2.24) is 30.0 Å². The number of aromatic amines is 2. The minimum atomic E-state index is 0.00178. The molecular formula is C19H17ClN6O. The van der Waals surface area contributed by atoms with Crippen molar-refractivity contribution in [2.75, 3.05) is 13.1 Å². The Balaban J connectivity index is 1.42. The molecule has 0 spiro atoms. The summed E-state index contributed by atoms with van der Waals surface area (Å²) < 4.78 is 0. The number of halogens is 1. The van der Waals surface area contributed by atoms with Crippen LogP contribution in [0.3, 0.4) is 0 Å². The fraction of sp³-hybridized carbons (Fsp3) is 0.263. The topological polar surface area (TPSA) is 90.6 Å². The number of hydrogen-bond acceptors (Lipinski definition) is 4. The average Bonchev–Trinajstić information content (AvgIpc) is 3.31. The Kier molecular flexibility index (Phi) is 3.82. The van der Waals surface area contributed by atoms with E-state index in [-0.39, 0.29) is 11.8 Å². The molecule has 0 unspecified atom stereocenters. The summed E-state index contributed by atoms with van der Waals surface area (Å²) in [6, 6.07) is 7.46. The zero-order chi connectivity index (χ0) is 18.4.